The average Bonchev–Trinajstić information content (AvgIpc) is 2.86. The maximum Gasteiger partial charge on any atom is 0.185 e. The van der Waals surface area contributed by atoms with Gasteiger partial charge >= 0.3 is 0 Å². The Kier molecular flexibility index (Phi) is 5.14. The highest BCUT2D eigenvalue weighted by molar-refractivity contribution is 6.32. The number of carbonyl (C=O) groups excluding carboxylic acids is 1. The number of rotatable bonds is 4. The number of allylic oxidation sites excluding steroid dienone is 1. The van der Waals surface area contributed by atoms with Crippen molar-refractivity contribution < 1.29 is 24.1 Å². The van der Waals surface area contributed by atoms with Crippen LogP contribution in [0.3, 0.4) is 0 Å². The number of ether oxygens (including phenoxy) is 3. The fraction of sp³-hybridized carbons (Fsp3) is 0.211. The second kappa shape index (κ2) is 7.49. The molecule has 0 unspecified atom stereocenters. The second-order valence-electron chi connectivity index (χ2n) is 5.46. The van der Waals surface area contributed by atoms with E-state index in [1.165, 1.54) is 31.4 Å². The van der Waals surface area contributed by atoms with E-state index in [-0.39, 0.29) is 17.3 Å². The number of hydrogen-bond donors (Lipinski definition) is 1. The van der Waals surface area contributed by atoms with Gasteiger partial charge in [-0.3, -0.25) is 4.79 Å². The number of phenols is 1. The zero-order chi connectivity index (χ0) is 17.8. The number of carbonyl (C=O) groups is 1. The van der Waals surface area contributed by atoms with Crippen molar-refractivity contribution in [2.75, 3.05) is 20.3 Å². The van der Waals surface area contributed by atoms with Gasteiger partial charge in [-0.05, 0) is 42.0 Å². The summed E-state index contributed by atoms with van der Waals surface area (Å²) < 4.78 is 16.2. The van der Waals surface area contributed by atoms with Crippen molar-refractivity contribution in [2.24, 2.45) is 0 Å². The summed E-state index contributed by atoms with van der Waals surface area (Å²) in [6.07, 6.45) is 3.88. The molecule has 25 heavy (non-hydrogen) atoms. The van der Waals surface area contributed by atoms with E-state index in [1.54, 1.807) is 18.2 Å². The molecule has 0 fully saturated rings. The standard InChI is InChI=1S/C19H17ClO5/c1-23-17-11-13(4-6-16(17)22)15(21)5-3-12-9-14(20)19-18(10-12)24-7-2-8-25-19/h3-6,9-11,22H,2,7-8H2,1H3. The average molecular weight is 361 g/mol. The SMILES string of the molecule is COc1cc(C(=O)C=Cc2cc(Cl)c3c(c2)OCCCO3)ccc1O. The second-order valence-corrected chi connectivity index (χ2v) is 5.87. The van der Waals surface area contributed by atoms with Crippen LogP contribution in [0.4, 0.5) is 0 Å². The first-order valence-corrected chi connectivity index (χ1v) is 8.15. The number of benzene rings is 2. The maximum absolute atomic E-state index is 12.3. The third kappa shape index (κ3) is 3.88. The molecule has 2 aromatic rings. The lowest BCUT2D eigenvalue weighted by atomic mass is 10.1. The first-order valence-electron chi connectivity index (χ1n) is 7.77. The van der Waals surface area contributed by atoms with Gasteiger partial charge in [0.05, 0.1) is 25.3 Å². The Bertz CT molecular complexity index is 829. The Morgan fingerprint density at radius 1 is 1.24 bits per heavy atom. The van der Waals surface area contributed by atoms with Crippen LogP contribution in [0.1, 0.15) is 22.3 Å². The van der Waals surface area contributed by atoms with Gasteiger partial charge in [-0.25, -0.2) is 0 Å². The van der Waals surface area contributed by atoms with Gasteiger partial charge in [-0.2, -0.15) is 0 Å². The molecule has 2 aromatic carbocycles. The summed E-state index contributed by atoms with van der Waals surface area (Å²) in [5.74, 6) is 1.12. The molecule has 130 valence electrons. The van der Waals surface area contributed by atoms with Crippen LogP contribution < -0.4 is 14.2 Å². The van der Waals surface area contributed by atoms with Crippen molar-refractivity contribution in [3.8, 4) is 23.0 Å². The number of ketones is 1. The Labute approximate surface area is 150 Å². The van der Waals surface area contributed by atoms with Crippen LogP contribution >= 0.6 is 11.6 Å². The fourth-order valence-electron chi connectivity index (χ4n) is 2.45. The Morgan fingerprint density at radius 3 is 2.84 bits per heavy atom. The van der Waals surface area contributed by atoms with Crippen molar-refractivity contribution in [1.82, 2.24) is 0 Å². The molecule has 0 atom stereocenters. The summed E-state index contributed by atoms with van der Waals surface area (Å²) in [4.78, 5) is 12.3. The van der Waals surface area contributed by atoms with E-state index >= 15 is 0 Å². The van der Waals surface area contributed by atoms with Gasteiger partial charge in [0.15, 0.2) is 28.8 Å². The molecule has 3 rings (SSSR count). The normalized spacial score (nSPS) is 13.5. The summed E-state index contributed by atoms with van der Waals surface area (Å²) in [6, 6.07) is 7.95. The zero-order valence-electron chi connectivity index (χ0n) is 13.6. The van der Waals surface area contributed by atoms with Crippen molar-refractivity contribution in [1.29, 1.82) is 0 Å². The molecule has 0 aromatic heterocycles. The number of methoxy groups -OCH3 is 1. The van der Waals surface area contributed by atoms with E-state index in [0.29, 0.717) is 35.3 Å². The third-order valence-electron chi connectivity index (χ3n) is 3.72. The molecule has 0 amide bonds. The van der Waals surface area contributed by atoms with Crippen LogP contribution in [-0.4, -0.2) is 31.2 Å². The highest BCUT2D eigenvalue weighted by Crippen LogP contribution is 2.38. The first kappa shape index (κ1) is 17.2. The molecule has 0 spiro atoms. The summed E-state index contributed by atoms with van der Waals surface area (Å²) in [7, 11) is 1.43. The molecule has 6 heteroatoms. The zero-order valence-corrected chi connectivity index (χ0v) is 14.4. The Morgan fingerprint density at radius 2 is 2.04 bits per heavy atom. The highest BCUT2D eigenvalue weighted by Gasteiger charge is 2.15. The number of halogens is 1. The molecule has 0 saturated carbocycles. The lowest BCUT2D eigenvalue weighted by molar-refractivity contribution is 0.104. The molecule has 0 saturated heterocycles. The van der Waals surface area contributed by atoms with E-state index in [0.717, 1.165) is 12.0 Å². The van der Waals surface area contributed by atoms with E-state index in [1.807, 2.05) is 0 Å². The predicted octanol–water partition coefficient (Wildman–Crippen LogP) is 4.11. The topological polar surface area (TPSA) is 65.0 Å². The van der Waals surface area contributed by atoms with Gasteiger partial charge in [-0.1, -0.05) is 17.7 Å². The van der Waals surface area contributed by atoms with Gasteiger partial charge in [0.2, 0.25) is 0 Å². The van der Waals surface area contributed by atoms with Gasteiger partial charge < -0.3 is 19.3 Å². The molecule has 5 nitrogen and oxygen atoms in total. The number of fused-ring (bicyclic) bond motifs is 1. The van der Waals surface area contributed by atoms with Crippen molar-refractivity contribution in [3.05, 3.63) is 52.6 Å². The minimum atomic E-state index is -0.221. The first-order chi connectivity index (χ1) is 12.1. The van der Waals surface area contributed by atoms with E-state index in [9.17, 15) is 9.90 Å². The minimum Gasteiger partial charge on any atom is -0.504 e. The summed E-state index contributed by atoms with van der Waals surface area (Å²) in [5.41, 5.74) is 1.14. The maximum atomic E-state index is 12.3. The van der Waals surface area contributed by atoms with Crippen molar-refractivity contribution in [3.63, 3.8) is 0 Å². The molecule has 0 bridgehead atoms. The smallest absolute Gasteiger partial charge is 0.185 e. The lowest BCUT2D eigenvalue weighted by Gasteiger charge is -2.10. The molecule has 1 aliphatic heterocycles. The fourth-order valence-corrected chi connectivity index (χ4v) is 2.72. The predicted molar refractivity (Wildman–Crippen MR) is 95.1 cm³/mol. The Balaban J connectivity index is 1.83. The van der Waals surface area contributed by atoms with Gasteiger partial charge in [0.25, 0.3) is 0 Å². The van der Waals surface area contributed by atoms with E-state index in [2.05, 4.69) is 0 Å². The molecular formula is C19H17ClO5. The molecule has 1 aliphatic rings. The van der Waals surface area contributed by atoms with E-state index in [4.69, 9.17) is 25.8 Å². The van der Waals surface area contributed by atoms with E-state index < -0.39 is 0 Å². The van der Waals surface area contributed by atoms with Crippen LogP contribution in [0, 0.1) is 0 Å². The molecule has 1 N–H and O–H groups in total. The van der Waals surface area contributed by atoms with Crippen LogP contribution in [0.25, 0.3) is 6.08 Å². The minimum absolute atomic E-state index is 0.0160. The van der Waals surface area contributed by atoms with Crippen molar-refractivity contribution in [2.45, 2.75) is 6.42 Å². The summed E-state index contributed by atoms with van der Waals surface area (Å²) >= 11 is 6.24. The molecule has 1 heterocycles. The van der Waals surface area contributed by atoms with Crippen molar-refractivity contribution >= 4 is 23.5 Å². The summed E-state index contributed by atoms with van der Waals surface area (Å²) in [6.45, 7) is 1.12. The van der Waals surface area contributed by atoms with Crippen LogP contribution in [0.2, 0.25) is 5.02 Å². The van der Waals surface area contributed by atoms with Crippen LogP contribution in [-0.2, 0) is 0 Å². The van der Waals surface area contributed by atoms with Gasteiger partial charge in [0.1, 0.15) is 0 Å². The Hall–Kier alpha value is -2.66. The quantitative estimate of drug-likeness (QED) is 0.656. The third-order valence-corrected chi connectivity index (χ3v) is 4.00. The highest BCUT2D eigenvalue weighted by atomic mass is 35.5. The van der Waals surface area contributed by atoms with Gasteiger partial charge in [0, 0.05) is 12.0 Å². The number of phenolic OH excluding ortho intramolecular Hbond substituents is 1. The molecular weight excluding hydrogens is 344 g/mol. The van der Waals surface area contributed by atoms with Gasteiger partial charge in [-0.15, -0.1) is 0 Å². The van der Waals surface area contributed by atoms with Crippen LogP contribution in [0.5, 0.6) is 23.0 Å². The largest absolute Gasteiger partial charge is 0.504 e. The molecule has 0 radical (unpaired) electrons. The number of hydrogen-bond acceptors (Lipinski definition) is 5. The monoisotopic (exact) mass is 360 g/mol. The lowest BCUT2D eigenvalue weighted by Crippen LogP contribution is -1.97. The molecule has 0 aliphatic carbocycles. The van der Waals surface area contributed by atoms with Crippen LogP contribution in [0.15, 0.2) is 36.4 Å². The summed E-state index contributed by atoms with van der Waals surface area (Å²) in [5, 5.41) is 10.0. The number of aromatic hydroxyl groups is 1.